The van der Waals surface area contributed by atoms with Crippen molar-refractivity contribution in [3.8, 4) is 0 Å². The van der Waals surface area contributed by atoms with Gasteiger partial charge >= 0.3 is 0 Å². The quantitative estimate of drug-likeness (QED) is 0.366. The van der Waals surface area contributed by atoms with Crippen molar-refractivity contribution in [1.82, 2.24) is 4.98 Å². The first-order chi connectivity index (χ1) is 4.61. The summed E-state index contributed by atoms with van der Waals surface area (Å²) in [6.45, 7) is 6.51. The van der Waals surface area contributed by atoms with Crippen molar-refractivity contribution >= 4 is 0 Å². The normalized spacial score (nSPS) is 8.85. The van der Waals surface area contributed by atoms with Gasteiger partial charge in [0.15, 0.2) is 0 Å². The van der Waals surface area contributed by atoms with E-state index >= 15 is 0 Å². The van der Waals surface area contributed by atoms with Crippen LogP contribution in [0.5, 0.6) is 0 Å². The molecular weight excluding hydrogens is 836 g/mol. The first kappa shape index (κ1) is 20.7. The molecule has 0 saturated carbocycles. The van der Waals surface area contributed by atoms with Crippen molar-refractivity contribution in [3.05, 3.63) is 30.1 Å². The molecule has 0 aliphatic carbocycles. The summed E-state index contributed by atoms with van der Waals surface area (Å²) in [5.74, 6) is 0. The predicted molar refractivity (Wildman–Crippen MR) is 41.8 cm³/mol. The molecule has 0 fully saturated rings. The Morgan fingerprint density at radius 3 is 1.92 bits per heavy atom. The fraction of sp³-hybridized carbons (Fsp3) is 0.444. The van der Waals surface area contributed by atoms with Crippen LogP contribution in [0, 0.1) is 99.5 Å². The monoisotopic (exact) mass is 848 g/mol. The molecule has 1 aromatic heterocycles. The van der Waals surface area contributed by atoms with Crippen molar-refractivity contribution in [3.63, 3.8) is 0 Å². The van der Waals surface area contributed by atoms with Crippen LogP contribution in [-0.2, 0) is 5.41 Å². The van der Waals surface area contributed by atoms with Crippen LogP contribution in [0.1, 0.15) is 26.3 Å². The fourth-order valence-corrected chi connectivity index (χ4v) is 0.764. The summed E-state index contributed by atoms with van der Waals surface area (Å²) in [5, 5.41) is 0. The Morgan fingerprint density at radius 2 is 1.69 bits per heavy atom. The Hall–Kier alpha value is 2.31. The minimum Gasteiger partial charge on any atom is -0.394 e. The van der Waals surface area contributed by atoms with Crippen molar-refractivity contribution in [2.45, 2.75) is 26.2 Å². The smallest absolute Gasteiger partial charge is 0 e. The molecule has 0 bridgehead atoms. The van der Waals surface area contributed by atoms with E-state index in [2.05, 4.69) is 32.0 Å². The van der Waals surface area contributed by atoms with E-state index in [4.69, 9.17) is 0 Å². The third kappa shape index (κ3) is 8.15. The first-order valence-electron chi connectivity index (χ1n) is 3.43. The Morgan fingerprint density at radius 1 is 1.15 bits per heavy atom. The molecule has 0 saturated heterocycles. The van der Waals surface area contributed by atoms with Crippen molar-refractivity contribution in [2.24, 2.45) is 0 Å². The second kappa shape index (κ2) is 9.53. The van der Waals surface area contributed by atoms with Gasteiger partial charge in [-0.3, -0.25) is 0 Å². The zero-order valence-corrected chi connectivity index (χ0v) is 20.7. The number of rotatable bonds is 0. The maximum atomic E-state index is 3.93. The van der Waals surface area contributed by atoms with Crippen LogP contribution in [0.15, 0.2) is 18.3 Å². The molecule has 0 radical (unpaired) electrons. The molecule has 4 heteroatoms. The molecular formula is C9H12NU3-. The molecule has 0 spiro atoms. The molecule has 0 aliphatic heterocycles. The second-order valence-corrected chi connectivity index (χ2v) is 3.43. The standard InChI is InChI=1S/C9H12N.3U/c1-9(2,3)8-5-4-6-10-7-8;;;/h4-5,7H,1-3H3;;;/q-1;;;. The predicted octanol–water partition coefficient (Wildman–Crippen LogP) is 2.18. The van der Waals surface area contributed by atoms with E-state index in [1.807, 2.05) is 18.3 Å². The maximum absolute atomic E-state index is 3.93. The molecule has 1 rings (SSSR count). The Bertz CT molecular complexity index is 206. The summed E-state index contributed by atoms with van der Waals surface area (Å²) >= 11 is 0. The summed E-state index contributed by atoms with van der Waals surface area (Å²) in [6, 6.07) is 3.90. The van der Waals surface area contributed by atoms with E-state index in [0.29, 0.717) is 0 Å². The van der Waals surface area contributed by atoms with Gasteiger partial charge in [-0.1, -0.05) is 33.2 Å². The van der Waals surface area contributed by atoms with Crippen molar-refractivity contribution in [1.29, 1.82) is 0 Å². The van der Waals surface area contributed by atoms with Crippen LogP contribution < -0.4 is 0 Å². The SMILES string of the molecule is CC(C)(C)c1cc[c-]nc1.[U].[U].[U]. The molecule has 0 atom stereocenters. The third-order valence-electron chi connectivity index (χ3n) is 1.48. The van der Waals surface area contributed by atoms with Crippen LogP contribution in [0.4, 0.5) is 0 Å². The molecule has 0 aliphatic rings. The number of aromatic nitrogens is 1. The first-order valence-corrected chi connectivity index (χ1v) is 3.43. The number of nitrogens with zero attached hydrogens (tertiary/aromatic N) is 1. The number of hydrogen-bond acceptors (Lipinski definition) is 1. The Balaban J connectivity index is -0.000000333. The van der Waals surface area contributed by atoms with Gasteiger partial charge in [-0.2, -0.15) is 12.1 Å². The summed E-state index contributed by atoms with van der Waals surface area (Å²) in [4.78, 5) is 3.93. The molecule has 13 heavy (non-hydrogen) atoms. The number of pyridine rings is 1. The van der Waals surface area contributed by atoms with Gasteiger partial charge < -0.3 is 4.98 Å². The van der Waals surface area contributed by atoms with E-state index in [0.717, 1.165) is 0 Å². The molecule has 0 amide bonds. The summed E-state index contributed by atoms with van der Waals surface area (Å²) in [6.07, 6.45) is 4.62. The van der Waals surface area contributed by atoms with Gasteiger partial charge in [-0.25, -0.2) is 0 Å². The summed E-state index contributed by atoms with van der Waals surface area (Å²) in [7, 11) is 0. The third-order valence-corrected chi connectivity index (χ3v) is 1.48. The van der Waals surface area contributed by atoms with E-state index in [1.54, 1.807) is 0 Å². The molecule has 66 valence electrons. The van der Waals surface area contributed by atoms with Crippen molar-refractivity contribution in [2.75, 3.05) is 0 Å². The van der Waals surface area contributed by atoms with Crippen LogP contribution >= 0.6 is 0 Å². The molecule has 0 aromatic carbocycles. The Kier molecular flexibility index (Phi) is 15.2. The summed E-state index contributed by atoms with van der Waals surface area (Å²) < 4.78 is 0. The minimum atomic E-state index is 0. The zero-order chi connectivity index (χ0) is 7.61. The van der Waals surface area contributed by atoms with Crippen LogP contribution in [-0.4, -0.2) is 4.98 Å². The van der Waals surface area contributed by atoms with E-state index in [-0.39, 0.29) is 98.8 Å². The van der Waals surface area contributed by atoms with Crippen LogP contribution in [0.25, 0.3) is 0 Å². The van der Waals surface area contributed by atoms with E-state index in [9.17, 15) is 0 Å². The van der Waals surface area contributed by atoms with Crippen molar-refractivity contribution < 1.29 is 93.3 Å². The topological polar surface area (TPSA) is 12.9 Å². The zero-order valence-electron chi connectivity index (χ0n) is 8.18. The molecule has 1 aromatic rings. The molecule has 1 nitrogen and oxygen atoms in total. The largest absolute Gasteiger partial charge is 0.394 e. The molecule has 0 unspecified atom stereocenters. The van der Waals surface area contributed by atoms with Gasteiger partial charge in [0.2, 0.25) is 0 Å². The van der Waals surface area contributed by atoms with Gasteiger partial charge in [0.05, 0.1) is 0 Å². The number of hydrogen-bond donors (Lipinski definition) is 0. The summed E-state index contributed by atoms with van der Waals surface area (Å²) in [5.41, 5.74) is 1.47. The van der Waals surface area contributed by atoms with Gasteiger partial charge in [0.25, 0.3) is 0 Å². The van der Waals surface area contributed by atoms with Gasteiger partial charge in [-0.15, -0.1) is 5.56 Å². The minimum absolute atomic E-state index is 0. The van der Waals surface area contributed by atoms with Gasteiger partial charge in [-0.05, 0) is 5.41 Å². The maximum Gasteiger partial charge on any atom is 0 e. The van der Waals surface area contributed by atoms with E-state index < -0.39 is 0 Å². The molecule has 0 N–H and O–H groups in total. The van der Waals surface area contributed by atoms with E-state index in [1.165, 1.54) is 5.56 Å². The second-order valence-electron chi connectivity index (χ2n) is 3.43. The fourth-order valence-electron chi connectivity index (χ4n) is 0.764. The molecule has 1 heterocycles. The Labute approximate surface area is 152 Å². The van der Waals surface area contributed by atoms with Crippen LogP contribution in [0.2, 0.25) is 0 Å². The van der Waals surface area contributed by atoms with Gasteiger partial charge in [0, 0.05) is 93.3 Å². The average Bonchev–Trinajstić information content (AvgIpc) is 1.88. The average molecular weight is 848 g/mol. The van der Waals surface area contributed by atoms with Gasteiger partial charge in [0.1, 0.15) is 0 Å². The van der Waals surface area contributed by atoms with Crippen LogP contribution in [0.3, 0.4) is 0 Å².